The molecular weight excluding hydrogens is 250 g/mol. The predicted octanol–water partition coefficient (Wildman–Crippen LogP) is 0.250. The van der Waals surface area contributed by atoms with E-state index >= 15 is 0 Å². The third kappa shape index (κ3) is 7.28. The van der Waals surface area contributed by atoms with Crippen molar-refractivity contribution in [3.63, 3.8) is 0 Å². The summed E-state index contributed by atoms with van der Waals surface area (Å²) in [5.74, 6) is -1.99. The molecule has 0 rings (SSSR count). The molecule has 0 aromatic carbocycles. The Bertz CT molecular complexity index is 331. The second kappa shape index (κ2) is 8.34. The third-order valence-electron chi connectivity index (χ3n) is 2.56. The van der Waals surface area contributed by atoms with E-state index in [1.165, 1.54) is 4.90 Å². The number of carboxylic acids is 1. The summed E-state index contributed by atoms with van der Waals surface area (Å²) in [6.45, 7) is 5.81. The van der Waals surface area contributed by atoms with Crippen molar-refractivity contribution in [1.82, 2.24) is 10.2 Å². The van der Waals surface area contributed by atoms with Crippen LogP contribution in [0.1, 0.15) is 27.2 Å². The van der Waals surface area contributed by atoms with E-state index in [1.54, 1.807) is 6.92 Å². The number of carbonyl (C=O) groups is 3. The number of nitrogens with two attached hydrogens (primary N) is 1. The average Bonchev–Trinajstić information content (AvgIpc) is 2.26. The third-order valence-corrected chi connectivity index (χ3v) is 2.56. The first-order valence-electron chi connectivity index (χ1n) is 6.31. The molecule has 0 aliphatic rings. The Balaban J connectivity index is 4.46. The number of carboxylic acid groups (broad SMARTS) is 1. The van der Waals surface area contributed by atoms with Gasteiger partial charge in [-0.05, 0) is 12.3 Å². The Hall–Kier alpha value is -1.79. The fourth-order valence-electron chi connectivity index (χ4n) is 1.58. The van der Waals surface area contributed by atoms with Gasteiger partial charge in [-0.2, -0.15) is 0 Å². The summed E-state index contributed by atoms with van der Waals surface area (Å²) in [7, 11) is 0. The van der Waals surface area contributed by atoms with E-state index in [2.05, 4.69) is 5.32 Å². The number of hydrogen-bond donors (Lipinski definition) is 3. The molecule has 0 saturated carbocycles. The van der Waals surface area contributed by atoms with Gasteiger partial charge in [0.05, 0.1) is 5.92 Å². The van der Waals surface area contributed by atoms with Gasteiger partial charge in [0.1, 0.15) is 6.54 Å². The standard InChI is InChI=1S/C12H23N3O4/c1-4-9(11(17)18)5-14-12(19)15(6-8(2)3)7-10(13)16/h8-9H,4-7H2,1-3H3,(H2,13,16)(H,14,19)(H,17,18). The fourth-order valence-corrected chi connectivity index (χ4v) is 1.58. The lowest BCUT2D eigenvalue weighted by Gasteiger charge is -2.24. The number of hydrogen-bond acceptors (Lipinski definition) is 3. The van der Waals surface area contributed by atoms with Crippen LogP contribution in [0.25, 0.3) is 0 Å². The van der Waals surface area contributed by atoms with Crippen molar-refractivity contribution in [3.8, 4) is 0 Å². The lowest BCUT2D eigenvalue weighted by Crippen LogP contribution is -2.47. The first kappa shape index (κ1) is 17.2. The molecule has 7 nitrogen and oxygen atoms in total. The molecule has 110 valence electrons. The summed E-state index contributed by atoms with van der Waals surface area (Å²) in [6.07, 6.45) is 0.426. The molecule has 0 aromatic rings. The average molecular weight is 273 g/mol. The number of aliphatic carboxylic acids is 1. The van der Waals surface area contributed by atoms with E-state index in [-0.39, 0.29) is 19.0 Å². The van der Waals surface area contributed by atoms with Crippen molar-refractivity contribution >= 4 is 17.9 Å². The predicted molar refractivity (Wildman–Crippen MR) is 70.4 cm³/mol. The van der Waals surface area contributed by atoms with Gasteiger partial charge >= 0.3 is 12.0 Å². The van der Waals surface area contributed by atoms with Gasteiger partial charge in [-0.1, -0.05) is 20.8 Å². The van der Waals surface area contributed by atoms with Crippen molar-refractivity contribution in [2.45, 2.75) is 27.2 Å². The van der Waals surface area contributed by atoms with Crippen LogP contribution in [0.5, 0.6) is 0 Å². The molecule has 0 aliphatic carbocycles. The second-order valence-electron chi connectivity index (χ2n) is 4.87. The van der Waals surface area contributed by atoms with Gasteiger partial charge in [0, 0.05) is 13.1 Å². The molecule has 0 aromatic heterocycles. The zero-order chi connectivity index (χ0) is 15.0. The van der Waals surface area contributed by atoms with Gasteiger partial charge in [0.25, 0.3) is 0 Å². The van der Waals surface area contributed by atoms with E-state index in [0.717, 1.165) is 0 Å². The molecule has 3 amide bonds. The van der Waals surface area contributed by atoms with Crippen molar-refractivity contribution < 1.29 is 19.5 Å². The van der Waals surface area contributed by atoms with Crippen LogP contribution >= 0.6 is 0 Å². The molecule has 0 radical (unpaired) electrons. The highest BCUT2D eigenvalue weighted by Crippen LogP contribution is 2.03. The Labute approximate surface area is 113 Å². The van der Waals surface area contributed by atoms with Crippen LogP contribution in [0.4, 0.5) is 4.79 Å². The highest BCUT2D eigenvalue weighted by Gasteiger charge is 2.20. The molecule has 0 saturated heterocycles. The minimum atomic E-state index is -0.951. The smallest absolute Gasteiger partial charge is 0.317 e. The zero-order valence-electron chi connectivity index (χ0n) is 11.7. The summed E-state index contributed by atoms with van der Waals surface area (Å²) < 4.78 is 0. The summed E-state index contributed by atoms with van der Waals surface area (Å²) in [5, 5.41) is 11.4. The van der Waals surface area contributed by atoms with Crippen molar-refractivity contribution in [2.75, 3.05) is 19.6 Å². The molecular formula is C12H23N3O4. The van der Waals surface area contributed by atoms with Gasteiger partial charge in [-0.25, -0.2) is 4.79 Å². The van der Waals surface area contributed by atoms with Crippen LogP contribution in [0.15, 0.2) is 0 Å². The lowest BCUT2D eigenvalue weighted by molar-refractivity contribution is -0.141. The Kier molecular flexibility index (Phi) is 7.55. The summed E-state index contributed by atoms with van der Waals surface area (Å²) in [4.78, 5) is 34.9. The van der Waals surface area contributed by atoms with E-state index in [4.69, 9.17) is 10.8 Å². The molecule has 19 heavy (non-hydrogen) atoms. The first-order chi connectivity index (χ1) is 8.77. The van der Waals surface area contributed by atoms with E-state index < -0.39 is 23.8 Å². The van der Waals surface area contributed by atoms with E-state index in [9.17, 15) is 14.4 Å². The van der Waals surface area contributed by atoms with E-state index in [1.807, 2.05) is 13.8 Å². The summed E-state index contributed by atoms with van der Waals surface area (Å²) in [5.41, 5.74) is 5.08. The largest absolute Gasteiger partial charge is 0.481 e. The second-order valence-corrected chi connectivity index (χ2v) is 4.87. The number of urea groups is 1. The molecule has 0 fully saturated rings. The summed E-state index contributed by atoms with van der Waals surface area (Å²) in [6, 6.07) is -0.466. The van der Waals surface area contributed by atoms with Gasteiger partial charge < -0.3 is 21.1 Å². The maximum atomic E-state index is 11.9. The molecule has 4 N–H and O–H groups in total. The van der Waals surface area contributed by atoms with Gasteiger partial charge in [0.2, 0.25) is 5.91 Å². The van der Waals surface area contributed by atoms with Gasteiger partial charge in [0.15, 0.2) is 0 Å². The van der Waals surface area contributed by atoms with Crippen LogP contribution in [-0.4, -0.2) is 47.5 Å². The maximum absolute atomic E-state index is 11.9. The number of primary amides is 1. The van der Waals surface area contributed by atoms with E-state index in [0.29, 0.717) is 13.0 Å². The highest BCUT2D eigenvalue weighted by molar-refractivity contribution is 5.83. The Morgan fingerprint density at radius 2 is 1.89 bits per heavy atom. The minimum Gasteiger partial charge on any atom is -0.481 e. The zero-order valence-corrected chi connectivity index (χ0v) is 11.7. The number of nitrogens with zero attached hydrogens (tertiary/aromatic N) is 1. The molecule has 1 unspecified atom stereocenters. The van der Waals surface area contributed by atoms with Gasteiger partial charge in [-0.15, -0.1) is 0 Å². The molecule has 1 atom stereocenters. The maximum Gasteiger partial charge on any atom is 0.317 e. The number of amides is 3. The van der Waals surface area contributed by atoms with Crippen LogP contribution in [0, 0.1) is 11.8 Å². The topological polar surface area (TPSA) is 113 Å². The van der Waals surface area contributed by atoms with Crippen LogP contribution in [0.2, 0.25) is 0 Å². The highest BCUT2D eigenvalue weighted by atomic mass is 16.4. The normalized spacial score (nSPS) is 12.0. The number of nitrogens with one attached hydrogen (secondary N) is 1. The van der Waals surface area contributed by atoms with Crippen molar-refractivity contribution in [1.29, 1.82) is 0 Å². The first-order valence-corrected chi connectivity index (χ1v) is 6.31. The van der Waals surface area contributed by atoms with Crippen molar-refractivity contribution in [3.05, 3.63) is 0 Å². The Morgan fingerprint density at radius 3 is 2.26 bits per heavy atom. The molecule has 0 aliphatic heterocycles. The van der Waals surface area contributed by atoms with Crippen LogP contribution < -0.4 is 11.1 Å². The SMILES string of the molecule is CCC(CNC(=O)N(CC(N)=O)CC(C)C)C(=O)O. The quantitative estimate of drug-likeness (QED) is 0.588. The monoisotopic (exact) mass is 273 g/mol. The molecule has 0 spiro atoms. The fraction of sp³-hybridized carbons (Fsp3) is 0.750. The minimum absolute atomic E-state index is 0.0397. The molecule has 7 heteroatoms. The van der Waals surface area contributed by atoms with Gasteiger partial charge in [-0.3, -0.25) is 9.59 Å². The van der Waals surface area contributed by atoms with Crippen LogP contribution in [-0.2, 0) is 9.59 Å². The molecule has 0 bridgehead atoms. The Morgan fingerprint density at radius 1 is 1.32 bits per heavy atom. The lowest BCUT2D eigenvalue weighted by atomic mass is 10.1. The van der Waals surface area contributed by atoms with Crippen LogP contribution in [0.3, 0.4) is 0 Å². The number of carbonyl (C=O) groups excluding carboxylic acids is 2. The number of rotatable bonds is 8. The van der Waals surface area contributed by atoms with Crippen molar-refractivity contribution in [2.24, 2.45) is 17.6 Å². The summed E-state index contributed by atoms with van der Waals surface area (Å²) >= 11 is 0. The molecule has 0 heterocycles.